The van der Waals surface area contributed by atoms with Crippen LogP contribution in [0.1, 0.15) is 20.3 Å². The molecule has 3 N–H and O–H groups in total. The maximum Gasteiger partial charge on any atom is 0.573 e. The van der Waals surface area contributed by atoms with Gasteiger partial charge in [0.25, 0.3) is 0 Å². The Labute approximate surface area is 158 Å². The van der Waals surface area contributed by atoms with Gasteiger partial charge in [-0.3, -0.25) is 0 Å². The van der Waals surface area contributed by atoms with Gasteiger partial charge in [-0.25, -0.2) is 4.98 Å². The zero-order valence-corrected chi connectivity index (χ0v) is 15.4. The van der Waals surface area contributed by atoms with E-state index in [1.807, 2.05) is 6.92 Å². The maximum absolute atomic E-state index is 12.3. The largest absolute Gasteiger partial charge is 0.573 e. The second-order valence-corrected chi connectivity index (χ2v) is 6.22. The molecule has 1 heterocycles. The molecule has 0 aliphatic carbocycles. The lowest BCUT2D eigenvalue weighted by atomic mass is 10.2. The number of hydrogen-bond acceptors (Lipinski definition) is 4. The van der Waals surface area contributed by atoms with Crippen LogP contribution in [0.25, 0.3) is 10.7 Å². The van der Waals surface area contributed by atoms with Crippen molar-refractivity contribution in [3.63, 3.8) is 0 Å². The first-order valence-corrected chi connectivity index (χ1v) is 8.30. The Kier molecular flexibility index (Phi) is 6.26. The highest BCUT2D eigenvalue weighted by atomic mass is 35.5. The molecule has 4 nitrogen and oxygen atoms in total. The van der Waals surface area contributed by atoms with E-state index in [0.717, 1.165) is 6.07 Å². The first kappa shape index (κ1) is 20.2. The Morgan fingerprint density at radius 2 is 1.96 bits per heavy atom. The molecule has 0 radical (unpaired) electrons. The summed E-state index contributed by atoms with van der Waals surface area (Å²) >= 11 is 12.1. The fraction of sp³-hybridized carbons (Fsp3) is 0.235. The molecule has 0 amide bonds. The number of benzene rings is 1. The highest BCUT2D eigenvalue weighted by Crippen LogP contribution is 2.32. The lowest BCUT2D eigenvalue weighted by molar-refractivity contribution is -0.274. The summed E-state index contributed by atoms with van der Waals surface area (Å²) in [5, 5.41) is 4.58. The molecule has 9 heteroatoms. The minimum Gasteiger partial charge on any atom is -0.404 e. The second kappa shape index (κ2) is 8.05. The van der Waals surface area contributed by atoms with E-state index in [2.05, 4.69) is 15.0 Å². The Bertz CT molecular complexity index is 926. The van der Waals surface area contributed by atoms with Gasteiger partial charge in [-0.05, 0) is 43.7 Å². The van der Waals surface area contributed by atoms with Gasteiger partial charge < -0.3 is 15.8 Å². The molecule has 1 aromatic carbocycles. The summed E-state index contributed by atoms with van der Waals surface area (Å²) in [5.74, 6) is -0.0402. The topological polar surface area (TPSA) is 60.2 Å². The Morgan fingerprint density at radius 1 is 1.27 bits per heavy atom. The van der Waals surface area contributed by atoms with Gasteiger partial charge in [0.15, 0.2) is 0 Å². The van der Waals surface area contributed by atoms with E-state index in [9.17, 15) is 13.2 Å². The van der Waals surface area contributed by atoms with Crippen LogP contribution in [0.5, 0.6) is 5.75 Å². The minimum absolute atomic E-state index is 0.187. The monoisotopic (exact) mass is 405 g/mol. The molecule has 0 bridgehead atoms. The summed E-state index contributed by atoms with van der Waals surface area (Å²) < 4.78 is 40.7. The second-order valence-electron chi connectivity index (χ2n) is 5.35. The molecule has 0 aliphatic heterocycles. The minimum atomic E-state index is -4.81. The third-order valence-electron chi connectivity index (χ3n) is 3.32. The van der Waals surface area contributed by atoms with E-state index >= 15 is 0 Å². The number of anilines is 2. The van der Waals surface area contributed by atoms with Crippen molar-refractivity contribution < 1.29 is 17.9 Å². The molecule has 2 rings (SSSR count). The number of ether oxygens (including phenoxy) is 1. The van der Waals surface area contributed by atoms with Gasteiger partial charge in [-0.2, -0.15) is 0 Å². The van der Waals surface area contributed by atoms with E-state index in [1.165, 1.54) is 12.1 Å². The standard InChI is InChI=1S/C17H16Cl2F3N3O/c1-3-12(18)16-11(9(2)23)5-7-15(25-16)24-10-4-6-14(13(19)8-10)26-17(20,21)22/h4-8H,3,23H2,1-2H3,(H,24,25)/b11-9+,16-12-. The van der Waals surface area contributed by atoms with Crippen LogP contribution < -0.4 is 26.4 Å². The molecule has 1 aromatic heterocycles. The van der Waals surface area contributed by atoms with Gasteiger partial charge in [-0.1, -0.05) is 30.1 Å². The number of nitrogens with two attached hydrogens (primary N) is 1. The number of aromatic nitrogens is 1. The highest BCUT2D eigenvalue weighted by molar-refractivity contribution is 6.44. The van der Waals surface area contributed by atoms with Gasteiger partial charge >= 0.3 is 6.36 Å². The quantitative estimate of drug-likeness (QED) is 0.799. The van der Waals surface area contributed by atoms with Crippen LogP contribution in [0, 0.1) is 0 Å². The van der Waals surface area contributed by atoms with Crippen molar-refractivity contribution in [1.29, 1.82) is 0 Å². The third kappa shape index (κ3) is 5.19. The van der Waals surface area contributed by atoms with Gasteiger partial charge in [0.1, 0.15) is 11.6 Å². The molecule has 2 aromatic rings. The molecule has 0 aliphatic rings. The van der Waals surface area contributed by atoms with Gasteiger partial charge in [0, 0.05) is 21.6 Å². The van der Waals surface area contributed by atoms with Gasteiger partial charge in [0.2, 0.25) is 0 Å². The summed E-state index contributed by atoms with van der Waals surface area (Å²) in [6.45, 7) is 3.63. The fourth-order valence-corrected chi connectivity index (χ4v) is 2.52. The van der Waals surface area contributed by atoms with Crippen LogP contribution in [-0.4, -0.2) is 11.3 Å². The zero-order valence-electron chi connectivity index (χ0n) is 13.9. The van der Waals surface area contributed by atoms with Crippen molar-refractivity contribution >= 4 is 45.4 Å². The number of halogens is 5. The van der Waals surface area contributed by atoms with Crippen LogP contribution in [0.15, 0.2) is 30.3 Å². The number of nitrogens with zero attached hydrogens (tertiary/aromatic N) is 1. The number of nitrogens with one attached hydrogen (secondary N) is 1. The molecule has 140 valence electrons. The normalized spacial score (nSPS) is 14.0. The predicted molar refractivity (Wildman–Crippen MR) is 97.7 cm³/mol. The van der Waals surface area contributed by atoms with E-state index in [0.29, 0.717) is 39.2 Å². The Hall–Kier alpha value is -2.12. The van der Waals surface area contributed by atoms with Gasteiger partial charge in [0.05, 0.1) is 10.4 Å². The number of hydrogen-bond donors (Lipinski definition) is 2. The molecule has 0 spiro atoms. The van der Waals surface area contributed by atoms with Crippen LogP contribution in [0.2, 0.25) is 5.02 Å². The molecular weight excluding hydrogens is 390 g/mol. The zero-order chi connectivity index (χ0) is 19.5. The lowest BCUT2D eigenvalue weighted by Crippen LogP contribution is -2.33. The van der Waals surface area contributed by atoms with Crippen LogP contribution in [0.3, 0.4) is 0 Å². The average Bonchev–Trinajstić information content (AvgIpc) is 2.55. The third-order valence-corrected chi connectivity index (χ3v) is 4.06. The molecule has 0 saturated heterocycles. The van der Waals surface area contributed by atoms with E-state index in [4.69, 9.17) is 28.9 Å². The first-order valence-electron chi connectivity index (χ1n) is 7.55. The van der Waals surface area contributed by atoms with Crippen molar-refractivity contribution in [3.8, 4) is 5.75 Å². The lowest BCUT2D eigenvalue weighted by Gasteiger charge is -2.12. The van der Waals surface area contributed by atoms with Crippen molar-refractivity contribution in [2.45, 2.75) is 26.6 Å². The molecular formula is C17H16Cl2F3N3O. The number of alkyl halides is 3. The maximum atomic E-state index is 12.3. The van der Waals surface area contributed by atoms with Crippen LogP contribution >= 0.6 is 23.2 Å². The smallest absolute Gasteiger partial charge is 0.404 e. The molecule has 0 unspecified atom stereocenters. The number of pyridine rings is 1. The van der Waals surface area contributed by atoms with Crippen molar-refractivity contribution in [2.24, 2.45) is 5.73 Å². The first-order chi connectivity index (χ1) is 12.1. The van der Waals surface area contributed by atoms with Crippen LogP contribution in [0.4, 0.5) is 24.7 Å². The summed E-state index contributed by atoms with van der Waals surface area (Å²) in [6.07, 6.45) is -4.23. The molecule has 0 atom stereocenters. The predicted octanol–water partition coefficient (Wildman–Crippen LogP) is 4.22. The number of rotatable bonds is 4. The molecule has 26 heavy (non-hydrogen) atoms. The van der Waals surface area contributed by atoms with E-state index < -0.39 is 12.1 Å². The molecule has 0 fully saturated rings. The summed E-state index contributed by atoms with van der Waals surface area (Å²) in [4.78, 5) is 4.44. The van der Waals surface area contributed by atoms with Crippen LogP contribution in [-0.2, 0) is 0 Å². The Balaban J connectivity index is 2.38. The Morgan fingerprint density at radius 3 is 2.50 bits per heavy atom. The summed E-state index contributed by atoms with van der Waals surface area (Å²) in [6, 6.07) is 7.28. The summed E-state index contributed by atoms with van der Waals surface area (Å²) in [5.41, 5.74) is 6.87. The van der Waals surface area contributed by atoms with Crippen molar-refractivity contribution in [1.82, 2.24) is 4.98 Å². The van der Waals surface area contributed by atoms with Gasteiger partial charge in [-0.15, -0.1) is 13.2 Å². The van der Waals surface area contributed by atoms with E-state index in [-0.39, 0.29) is 5.02 Å². The molecule has 0 saturated carbocycles. The SMILES string of the molecule is CC/C(Cl)=c1/nc(Nc2ccc(OC(F)(F)F)c(Cl)c2)cc/c1=C(/C)N. The summed E-state index contributed by atoms with van der Waals surface area (Å²) in [7, 11) is 0. The average molecular weight is 406 g/mol. The fourth-order valence-electron chi connectivity index (χ4n) is 2.16. The van der Waals surface area contributed by atoms with E-state index in [1.54, 1.807) is 19.1 Å². The van der Waals surface area contributed by atoms with Crippen molar-refractivity contribution in [2.75, 3.05) is 5.32 Å². The highest BCUT2D eigenvalue weighted by Gasteiger charge is 2.32. The van der Waals surface area contributed by atoms with Crippen molar-refractivity contribution in [3.05, 3.63) is 45.9 Å².